The molecule has 28 heavy (non-hydrogen) atoms. The predicted octanol–water partition coefficient (Wildman–Crippen LogP) is 2.86. The molecule has 8 heteroatoms. The lowest BCUT2D eigenvalue weighted by atomic mass is 9.89. The van der Waals surface area contributed by atoms with E-state index < -0.39 is 0 Å². The van der Waals surface area contributed by atoms with Gasteiger partial charge in [0.1, 0.15) is 12.2 Å². The molecule has 0 unspecified atom stereocenters. The zero-order valence-corrected chi connectivity index (χ0v) is 16.3. The minimum absolute atomic E-state index is 0.0585. The van der Waals surface area contributed by atoms with E-state index in [1.807, 2.05) is 6.07 Å². The highest BCUT2D eigenvalue weighted by atomic mass is 16.5. The average molecular weight is 384 g/mol. The van der Waals surface area contributed by atoms with Crippen molar-refractivity contribution in [3.8, 4) is 0 Å². The van der Waals surface area contributed by atoms with Gasteiger partial charge in [0.15, 0.2) is 0 Å². The Bertz CT molecular complexity index is 851. The van der Waals surface area contributed by atoms with Crippen LogP contribution in [-0.4, -0.2) is 39.9 Å². The summed E-state index contributed by atoms with van der Waals surface area (Å²) >= 11 is 0. The van der Waals surface area contributed by atoms with E-state index in [-0.39, 0.29) is 12.5 Å². The monoisotopic (exact) mass is 384 g/mol. The number of ether oxygens (including phenoxy) is 1. The number of hydrogen-bond donors (Lipinski definition) is 2. The molecular formula is C20H28N6O2. The molecule has 2 aromatic heterocycles. The number of anilines is 1. The van der Waals surface area contributed by atoms with E-state index in [1.54, 1.807) is 13.1 Å². The quantitative estimate of drug-likeness (QED) is 0.535. The molecule has 150 valence electrons. The highest BCUT2D eigenvalue weighted by Crippen LogP contribution is 2.26. The molecule has 8 nitrogen and oxygen atoms in total. The molecule has 0 amide bonds. The van der Waals surface area contributed by atoms with Crippen LogP contribution in [0.15, 0.2) is 35.3 Å². The molecule has 1 aliphatic carbocycles. The maximum atomic E-state index is 11.4. The van der Waals surface area contributed by atoms with Crippen molar-refractivity contribution < 1.29 is 9.53 Å². The van der Waals surface area contributed by atoms with E-state index in [9.17, 15) is 4.79 Å². The Kier molecular flexibility index (Phi) is 7.00. The van der Waals surface area contributed by atoms with Crippen molar-refractivity contribution in [3.63, 3.8) is 0 Å². The summed E-state index contributed by atoms with van der Waals surface area (Å²) in [4.78, 5) is 24.4. The van der Waals surface area contributed by atoms with Gasteiger partial charge in [-0.25, -0.2) is 4.98 Å². The standard InChI is InChI=1S/C20H28N6O2/c1-2-28-18(27)13-22-12-17(10-21)24-20-23-11-16-8-9-26(19(16)25-20)14-15-6-4-3-5-7-15/h8-12,15H,2-7,13-14,21H2,1H3,(H,23,24,25). The fourth-order valence-electron chi connectivity index (χ4n) is 3.50. The molecule has 1 aliphatic rings. The van der Waals surface area contributed by atoms with Crippen molar-refractivity contribution in [1.82, 2.24) is 14.5 Å². The van der Waals surface area contributed by atoms with Crippen LogP contribution < -0.4 is 11.1 Å². The predicted molar refractivity (Wildman–Crippen MR) is 110 cm³/mol. The molecule has 0 bridgehead atoms. The van der Waals surface area contributed by atoms with Gasteiger partial charge in [0.05, 0.1) is 12.3 Å². The summed E-state index contributed by atoms with van der Waals surface area (Å²) in [5.74, 6) is 0.772. The summed E-state index contributed by atoms with van der Waals surface area (Å²) in [6.45, 7) is 3.02. The molecule has 2 aromatic rings. The summed E-state index contributed by atoms with van der Waals surface area (Å²) in [5.41, 5.74) is 7.06. The van der Waals surface area contributed by atoms with Crippen molar-refractivity contribution in [2.45, 2.75) is 45.6 Å². The second-order valence-electron chi connectivity index (χ2n) is 6.97. The van der Waals surface area contributed by atoms with E-state index in [4.69, 9.17) is 10.5 Å². The van der Waals surface area contributed by atoms with Crippen molar-refractivity contribution in [3.05, 3.63) is 30.4 Å². The van der Waals surface area contributed by atoms with Crippen LogP contribution in [0.25, 0.3) is 11.0 Å². The highest BCUT2D eigenvalue weighted by molar-refractivity contribution is 5.85. The van der Waals surface area contributed by atoms with Gasteiger partial charge in [-0.1, -0.05) is 19.3 Å². The van der Waals surface area contributed by atoms with Gasteiger partial charge in [-0.3, -0.25) is 9.79 Å². The summed E-state index contributed by atoms with van der Waals surface area (Å²) in [6, 6.07) is 2.04. The Morgan fingerprint density at radius 1 is 1.43 bits per heavy atom. The van der Waals surface area contributed by atoms with Crippen LogP contribution in [0.1, 0.15) is 39.0 Å². The van der Waals surface area contributed by atoms with Crippen LogP contribution in [0.5, 0.6) is 0 Å². The molecule has 1 saturated carbocycles. The lowest BCUT2D eigenvalue weighted by molar-refractivity contribution is -0.141. The largest absolute Gasteiger partial charge is 0.465 e. The van der Waals surface area contributed by atoms with Crippen molar-refractivity contribution in [2.24, 2.45) is 16.6 Å². The number of allylic oxidation sites excluding steroid dienone is 1. The molecule has 0 aliphatic heterocycles. The highest BCUT2D eigenvalue weighted by Gasteiger charge is 2.15. The normalized spacial score (nSPS) is 16.0. The second-order valence-corrected chi connectivity index (χ2v) is 6.97. The number of nitrogens with two attached hydrogens (primary N) is 1. The molecule has 0 spiro atoms. The third kappa shape index (κ3) is 5.31. The van der Waals surface area contributed by atoms with Crippen LogP contribution in [0, 0.1) is 5.92 Å². The molecule has 0 saturated heterocycles. The lowest BCUT2D eigenvalue weighted by Gasteiger charge is -2.22. The van der Waals surface area contributed by atoms with E-state index in [2.05, 4.69) is 31.0 Å². The topological polar surface area (TPSA) is 107 Å². The first-order valence-corrected chi connectivity index (χ1v) is 9.86. The number of nitrogens with one attached hydrogen (secondary N) is 1. The van der Waals surface area contributed by atoms with Crippen molar-refractivity contribution in [1.29, 1.82) is 0 Å². The maximum absolute atomic E-state index is 11.4. The Morgan fingerprint density at radius 2 is 2.25 bits per heavy atom. The minimum atomic E-state index is -0.381. The van der Waals surface area contributed by atoms with Crippen LogP contribution in [0.2, 0.25) is 0 Å². The zero-order valence-electron chi connectivity index (χ0n) is 16.3. The molecule has 0 aromatic carbocycles. The van der Waals surface area contributed by atoms with Gasteiger partial charge >= 0.3 is 5.97 Å². The first-order valence-electron chi connectivity index (χ1n) is 9.86. The Balaban J connectivity index is 1.67. The average Bonchev–Trinajstić information content (AvgIpc) is 3.10. The number of aromatic nitrogens is 3. The maximum Gasteiger partial charge on any atom is 0.327 e. The number of carbonyl (C=O) groups excluding carboxylic acids is 1. The fourth-order valence-corrected chi connectivity index (χ4v) is 3.50. The molecule has 1 fully saturated rings. The SMILES string of the molecule is CCOC(=O)CN=CC(=CN)Nc1ncc2ccn(CC3CCCCC3)c2n1. The van der Waals surface area contributed by atoms with Crippen molar-refractivity contribution >= 4 is 29.2 Å². The number of fused-ring (bicyclic) bond motifs is 1. The smallest absolute Gasteiger partial charge is 0.327 e. The number of esters is 1. The number of carbonyl (C=O) groups is 1. The first kappa shape index (κ1) is 19.9. The number of nitrogens with zero attached hydrogens (tertiary/aromatic N) is 4. The number of hydrogen-bond acceptors (Lipinski definition) is 7. The molecular weight excluding hydrogens is 356 g/mol. The summed E-state index contributed by atoms with van der Waals surface area (Å²) in [6.07, 6.45) is 13.3. The summed E-state index contributed by atoms with van der Waals surface area (Å²) in [7, 11) is 0. The molecule has 0 radical (unpaired) electrons. The van der Waals surface area contributed by atoms with Gasteiger partial charge in [-0.2, -0.15) is 4.98 Å². The lowest BCUT2D eigenvalue weighted by Crippen LogP contribution is -2.14. The van der Waals surface area contributed by atoms with Gasteiger partial charge in [-0.05, 0) is 31.7 Å². The Morgan fingerprint density at radius 3 is 3.00 bits per heavy atom. The van der Waals surface area contributed by atoms with E-state index >= 15 is 0 Å². The number of aliphatic imine (C=N–C) groups is 1. The Hall–Kier alpha value is -2.90. The minimum Gasteiger partial charge on any atom is -0.465 e. The van der Waals surface area contributed by atoms with E-state index in [0.717, 1.165) is 17.6 Å². The van der Waals surface area contributed by atoms with E-state index in [0.29, 0.717) is 24.2 Å². The molecule has 2 heterocycles. The second kappa shape index (κ2) is 9.87. The summed E-state index contributed by atoms with van der Waals surface area (Å²) < 4.78 is 7.05. The van der Waals surface area contributed by atoms with Crippen LogP contribution >= 0.6 is 0 Å². The first-order chi connectivity index (χ1) is 13.7. The van der Waals surface area contributed by atoms with Gasteiger partial charge in [0.2, 0.25) is 5.95 Å². The van der Waals surface area contributed by atoms with Crippen LogP contribution in [-0.2, 0) is 16.1 Å². The van der Waals surface area contributed by atoms with Gasteiger partial charge in [0.25, 0.3) is 0 Å². The molecule has 0 atom stereocenters. The Labute approximate surface area is 164 Å². The van der Waals surface area contributed by atoms with Gasteiger partial charge in [-0.15, -0.1) is 0 Å². The number of rotatable bonds is 8. The fraction of sp³-hybridized carbons (Fsp3) is 0.500. The molecule has 3 N–H and O–H groups in total. The van der Waals surface area contributed by atoms with Gasteiger partial charge in [0, 0.05) is 36.7 Å². The van der Waals surface area contributed by atoms with Crippen LogP contribution in [0.4, 0.5) is 5.95 Å². The van der Waals surface area contributed by atoms with Crippen LogP contribution in [0.3, 0.4) is 0 Å². The summed E-state index contributed by atoms with van der Waals surface area (Å²) in [5, 5.41) is 4.06. The van der Waals surface area contributed by atoms with Gasteiger partial charge < -0.3 is 20.4 Å². The van der Waals surface area contributed by atoms with E-state index in [1.165, 1.54) is 44.5 Å². The zero-order chi connectivity index (χ0) is 19.8. The van der Waals surface area contributed by atoms with Crippen molar-refractivity contribution in [2.75, 3.05) is 18.5 Å². The third-order valence-corrected chi connectivity index (χ3v) is 4.87. The molecule has 3 rings (SSSR count). The third-order valence-electron chi connectivity index (χ3n) is 4.87.